The van der Waals surface area contributed by atoms with Crippen LogP contribution in [0.3, 0.4) is 0 Å². The van der Waals surface area contributed by atoms with Gasteiger partial charge in [-0.1, -0.05) is 23.7 Å². The zero-order valence-electron chi connectivity index (χ0n) is 10.5. The number of rotatable bonds is 5. The van der Waals surface area contributed by atoms with Crippen molar-refractivity contribution in [3.63, 3.8) is 0 Å². The third-order valence-corrected chi connectivity index (χ3v) is 3.95. The maximum absolute atomic E-state index is 11.9. The summed E-state index contributed by atoms with van der Waals surface area (Å²) in [7, 11) is -1.77. The summed E-state index contributed by atoms with van der Waals surface area (Å²) in [5.74, 6) is -2.48. The Hall–Kier alpha value is -2.12. The molecule has 2 N–H and O–H groups in total. The smallest absolute Gasteiger partial charge is 0.371 e. The van der Waals surface area contributed by atoms with Gasteiger partial charge in [0.2, 0.25) is 11.7 Å². The number of anilines is 1. The van der Waals surface area contributed by atoms with E-state index in [1.165, 1.54) is 12.1 Å². The number of benzene rings is 1. The van der Waals surface area contributed by atoms with Gasteiger partial charge in [-0.25, -0.2) is 4.79 Å². The molecule has 1 amide bonds. The van der Waals surface area contributed by atoms with E-state index in [2.05, 4.69) is 5.32 Å². The van der Waals surface area contributed by atoms with Gasteiger partial charge < -0.3 is 14.8 Å². The molecule has 0 radical (unpaired) electrons. The third kappa shape index (κ3) is 3.93. The fourth-order valence-corrected chi connectivity index (χ4v) is 2.53. The summed E-state index contributed by atoms with van der Waals surface area (Å²) in [6.45, 7) is 0. The van der Waals surface area contributed by atoms with Crippen molar-refractivity contribution in [3.05, 3.63) is 47.2 Å². The molecule has 0 spiro atoms. The molecule has 1 aromatic carbocycles. The highest BCUT2D eigenvalue weighted by atomic mass is 35.5. The average Bonchev–Trinajstić information content (AvgIpc) is 2.91. The molecule has 2 aromatic rings. The highest BCUT2D eigenvalue weighted by molar-refractivity contribution is 7.85. The quantitative estimate of drug-likeness (QED) is 0.878. The van der Waals surface area contributed by atoms with E-state index in [4.69, 9.17) is 21.1 Å². The van der Waals surface area contributed by atoms with E-state index in [1.54, 1.807) is 24.3 Å². The van der Waals surface area contributed by atoms with Gasteiger partial charge in [0.25, 0.3) is 0 Å². The van der Waals surface area contributed by atoms with Gasteiger partial charge in [0.1, 0.15) is 5.75 Å². The fourth-order valence-electron chi connectivity index (χ4n) is 1.50. The molecule has 1 aromatic heterocycles. The van der Waals surface area contributed by atoms with Crippen LogP contribution < -0.4 is 5.32 Å². The molecular weight excluding hydrogens is 318 g/mol. The Morgan fingerprint density at radius 2 is 1.95 bits per heavy atom. The van der Waals surface area contributed by atoms with Gasteiger partial charge >= 0.3 is 5.97 Å². The Morgan fingerprint density at radius 1 is 1.24 bits per heavy atom. The van der Waals surface area contributed by atoms with E-state index in [-0.39, 0.29) is 16.6 Å². The Balaban J connectivity index is 2.00. The molecule has 1 heterocycles. The fraction of sp³-hybridized carbons (Fsp3) is 0.0769. The van der Waals surface area contributed by atoms with Crippen molar-refractivity contribution in [1.82, 2.24) is 0 Å². The number of aromatic carboxylic acids is 1. The molecule has 1 unspecified atom stereocenters. The lowest BCUT2D eigenvalue weighted by Crippen LogP contribution is -2.19. The molecule has 6 nitrogen and oxygen atoms in total. The van der Waals surface area contributed by atoms with E-state index in [1.807, 2.05) is 0 Å². The van der Waals surface area contributed by atoms with Crippen molar-refractivity contribution in [2.45, 2.75) is 5.09 Å². The zero-order valence-corrected chi connectivity index (χ0v) is 12.1. The summed E-state index contributed by atoms with van der Waals surface area (Å²) in [4.78, 5) is 22.4. The molecule has 0 saturated heterocycles. The molecule has 0 aliphatic heterocycles. The number of carbonyl (C=O) groups is 2. The maximum Gasteiger partial charge on any atom is 0.371 e. The van der Waals surface area contributed by atoms with Gasteiger partial charge in [-0.15, -0.1) is 0 Å². The number of nitrogens with one attached hydrogen (secondary N) is 1. The second kappa shape index (κ2) is 6.55. The molecule has 21 heavy (non-hydrogen) atoms. The lowest BCUT2D eigenvalue weighted by atomic mass is 10.3. The predicted octanol–water partition coefficient (Wildman–Crippen LogP) is 2.38. The second-order valence-electron chi connectivity index (χ2n) is 3.94. The number of carboxylic acid groups (broad SMARTS) is 1. The standard InChI is InChI=1S/C13H10ClNO5S/c14-8-3-1-2-4-9(8)15-11(16)7-21(19)12-6-5-10(20-12)13(17)18/h1-6H,7H2,(H,15,16)(H,17,18). The van der Waals surface area contributed by atoms with Gasteiger partial charge in [-0.05, 0) is 24.3 Å². The monoisotopic (exact) mass is 327 g/mol. The van der Waals surface area contributed by atoms with Crippen LogP contribution in [0.2, 0.25) is 5.02 Å². The Morgan fingerprint density at radius 3 is 2.57 bits per heavy atom. The number of carbonyl (C=O) groups excluding carboxylic acids is 1. The van der Waals surface area contributed by atoms with Crippen molar-refractivity contribution in [2.24, 2.45) is 0 Å². The first-order chi connectivity index (χ1) is 9.97. The lowest BCUT2D eigenvalue weighted by molar-refractivity contribution is -0.113. The van der Waals surface area contributed by atoms with Gasteiger partial charge in [0.15, 0.2) is 5.09 Å². The number of hydrogen-bond donors (Lipinski definition) is 2. The summed E-state index contributed by atoms with van der Waals surface area (Å²) >= 11 is 5.89. The van der Waals surface area contributed by atoms with Gasteiger partial charge in [0.05, 0.1) is 21.5 Å². The van der Waals surface area contributed by atoms with Gasteiger partial charge in [-0.2, -0.15) is 0 Å². The number of amides is 1. The van der Waals surface area contributed by atoms with E-state index >= 15 is 0 Å². The molecule has 1 atom stereocenters. The van der Waals surface area contributed by atoms with Crippen LogP contribution in [-0.4, -0.2) is 26.9 Å². The number of hydrogen-bond acceptors (Lipinski definition) is 4. The van der Waals surface area contributed by atoms with Crippen LogP contribution in [-0.2, 0) is 15.6 Å². The van der Waals surface area contributed by atoms with E-state index < -0.39 is 22.7 Å². The highest BCUT2D eigenvalue weighted by Gasteiger charge is 2.17. The Labute approximate surface area is 127 Å². The summed E-state index contributed by atoms with van der Waals surface area (Å²) in [5, 5.41) is 11.5. The number of carboxylic acids is 1. The van der Waals surface area contributed by atoms with Crippen LogP contribution in [0.1, 0.15) is 10.6 Å². The van der Waals surface area contributed by atoms with E-state index in [0.29, 0.717) is 10.7 Å². The van der Waals surface area contributed by atoms with Gasteiger partial charge in [0, 0.05) is 0 Å². The molecular formula is C13H10ClNO5S. The minimum Gasteiger partial charge on any atom is -0.475 e. The normalized spacial score (nSPS) is 11.9. The van der Waals surface area contributed by atoms with Crippen molar-refractivity contribution in [3.8, 4) is 0 Å². The van der Waals surface area contributed by atoms with Crippen LogP contribution in [0.25, 0.3) is 0 Å². The first-order valence-corrected chi connectivity index (χ1v) is 7.43. The Bertz CT molecular complexity index is 712. The third-order valence-electron chi connectivity index (χ3n) is 2.43. The highest BCUT2D eigenvalue weighted by Crippen LogP contribution is 2.20. The molecule has 110 valence electrons. The van der Waals surface area contributed by atoms with Crippen molar-refractivity contribution in [1.29, 1.82) is 0 Å². The van der Waals surface area contributed by atoms with E-state index in [9.17, 15) is 13.8 Å². The molecule has 0 fully saturated rings. The van der Waals surface area contributed by atoms with Gasteiger partial charge in [-0.3, -0.25) is 9.00 Å². The molecule has 8 heteroatoms. The molecule has 0 saturated carbocycles. The molecule has 0 aliphatic rings. The SMILES string of the molecule is O=C(CS(=O)c1ccc(C(=O)O)o1)Nc1ccccc1Cl. The molecule has 2 rings (SSSR count). The van der Waals surface area contributed by atoms with Crippen LogP contribution in [0.15, 0.2) is 45.9 Å². The zero-order chi connectivity index (χ0) is 15.4. The lowest BCUT2D eigenvalue weighted by Gasteiger charge is -2.05. The van der Waals surface area contributed by atoms with Crippen LogP contribution in [0, 0.1) is 0 Å². The minimum absolute atomic E-state index is 0.0679. The largest absolute Gasteiger partial charge is 0.475 e. The van der Waals surface area contributed by atoms with Crippen molar-refractivity contribution in [2.75, 3.05) is 11.1 Å². The summed E-state index contributed by atoms with van der Waals surface area (Å²) in [6, 6.07) is 9.08. The molecule has 0 aliphatic carbocycles. The summed E-state index contributed by atoms with van der Waals surface area (Å²) in [5.41, 5.74) is 0.409. The average molecular weight is 328 g/mol. The molecule has 0 bridgehead atoms. The van der Waals surface area contributed by atoms with Crippen LogP contribution in [0.5, 0.6) is 0 Å². The van der Waals surface area contributed by atoms with Crippen LogP contribution in [0.4, 0.5) is 5.69 Å². The number of furan rings is 1. The Kier molecular flexibility index (Phi) is 4.77. The minimum atomic E-state index is -1.77. The maximum atomic E-state index is 11.9. The first-order valence-electron chi connectivity index (χ1n) is 5.73. The number of para-hydroxylation sites is 1. The first kappa shape index (κ1) is 15.3. The van der Waals surface area contributed by atoms with Crippen molar-refractivity contribution < 1.29 is 23.3 Å². The summed E-state index contributed by atoms with van der Waals surface area (Å²) in [6.07, 6.45) is 0. The van der Waals surface area contributed by atoms with Crippen molar-refractivity contribution >= 4 is 40.0 Å². The predicted molar refractivity (Wildman–Crippen MR) is 77.0 cm³/mol. The van der Waals surface area contributed by atoms with E-state index in [0.717, 1.165) is 0 Å². The van der Waals surface area contributed by atoms with Crippen LogP contribution >= 0.6 is 11.6 Å². The number of halogens is 1. The summed E-state index contributed by atoms with van der Waals surface area (Å²) < 4.78 is 16.8. The second-order valence-corrected chi connectivity index (χ2v) is 5.73. The topological polar surface area (TPSA) is 96.6 Å².